The van der Waals surface area contributed by atoms with Crippen molar-refractivity contribution < 1.29 is 4.79 Å². The number of rotatable bonds is 3. The first-order valence-electron chi connectivity index (χ1n) is 6.12. The lowest BCUT2D eigenvalue weighted by Crippen LogP contribution is -2.12. The van der Waals surface area contributed by atoms with E-state index in [2.05, 4.69) is 20.5 Å². The molecule has 104 valence electrons. The van der Waals surface area contributed by atoms with Gasteiger partial charge in [0.05, 0.1) is 23.6 Å². The number of carbonyl (C=O) groups excluding carboxylic acids is 1. The first-order valence-corrected chi connectivity index (χ1v) is 6.50. The minimum absolute atomic E-state index is 0.246. The Bertz CT molecular complexity index is 738. The van der Waals surface area contributed by atoms with Crippen LogP contribution < -0.4 is 5.32 Å². The van der Waals surface area contributed by atoms with E-state index in [1.807, 2.05) is 12.1 Å². The molecule has 0 atom stereocenters. The van der Waals surface area contributed by atoms with Crippen molar-refractivity contribution in [2.75, 3.05) is 5.32 Å². The summed E-state index contributed by atoms with van der Waals surface area (Å²) >= 11 is 5.69. The normalized spacial score (nSPS) is 10.3. The molecule has 6 nitrogen and oxygen atoms in total. The SMILES string of the molecule is O=C(Nc1ccc(-n2nccn2)cc1)c1ccc(Cl)nc1. The van der Waals surface area contributed by atoms with Gasteiger partial charge in [-0.3, -0.25) is 4.79 Å². The average Bonchev–Trinajstić information content (AvgIpc) is 3.03. The van der Waals surface area contributed by atoms with E-state index in [-0.39, 0.29) is 5.91 Å². The van der Waals surface area contributed by atoms with Gasteiger partial charge in [0.25, 0.3) is 5.91 Å². The first kappa shape index (κ1) is 13.3. The minimum atomic E-state index is -0.246. The number of hydrogen-bond acceptors (Lipinski definition) is 4. The maximum Gasteiger partial charge on any atom is 0.257 e. The number of benzene rings is 1. The van der Waals surface area contributed by atoms with Gasteiger partial charge >= 0.3 is 0 Å². The highest BCUT2D eigenvalue weighted by Gasteiger charge is 2.07. The molecule has 0 aliphatic carbocycles. The molecule has 0 saturated heterocycles. The van der Waals surface area contributed by atoms with E-state index in [4.69, 9.17) is 11.6 Å². The van der Waals surface area contributed by atoms with Crippen LogP contribution in [0.15, 0.2) is 55.0 Å². The molecule has 0 aliphatic heterocycles. The molecule has 0 unspecified atom stereocenters. The molecule has 0 radical (unpaired) electrons. The quantitative estimate of drug-likeness (QED) is 0.754. The zero-order valence-electron chi connectivity index (χ0n) is 10.8. The second-order valence-corrected chi connectivity index (χ2v) is 4.58. The summed E-state index contributed by atoms with van der Waals surface area (Å²) in [5, 5.41) is 11.2. The van der Waals surface area contributed by atoms with Crippen LogP contribution in [0.25, 0.3) is 5.69 Å². The second kappa shape index (κ2) is 5.72. The molecule has 3 aromatic rings. The summed E-state index contributed by atoms with van der Waals surface area (Å²) < 4.78 is 0. The third-order valence-electron chi connectivity index (χ3n) is 2.76. The van der Waals surface area contributed by atoms with E-state index in [1.54, 1.807) is 36.7 Å². The van der Waals surface area contributed by atoms with Gasteiger partial charge in [-0.2, -0.15) is 15.0 Å². The van der Waals surface area contributed by atoms with Crippen molar-refractivity contribution in [2.45, 2.75) is 0 Å². The molecule has 21 heavy (non-hydrogen) atoms. The van der Waals surface area contributed by atoms with E-state index < -0.39 is 0 Å². The Morgan fingerprint density at radius 3 is 2.38 bits per heavy atom. The smallest absolute Gasteiger partial charge is 0.257 e. The van der Waals surface area contributed by atoms with E-state index >= 15 is 0 Å². The molecule has 3 rings (SSSR count). The summed E-state index contributed by atoms with van der Waals surface area (Å²) in [6.07, 6.45) is 4.63. The third kappa shape index (κ3) is 3.06. The molecule has 2 aromatic heterocycles. The fourth-order valence-electron chi connectivity index (χ4n) is 1.74. The first-order chi connectivity index (χ1) is 10.2. The van der Waals surface area contributed by atoms with Crippen LogP contribution in [-0.2, 0) is 0 Å². The number of pyridine rings is 1. The Hall–Kier alpha value is -2.73. The Morgan fingerprint density at radius 1 is 1.05 bits per heavy atom. The molecular formula is C14H10ClN5O. The monoisotopic (exact) mass is 299 g/mol. The van der Waals surface area contributed by atoms with Crippen LogP contribution in [0.1, 0.15) is 10.4 Å². The van der Waals surface area contributed by atoms with Crippen molar-refractivity contribution >= 4 is 23.2 Å². The summed E-state index contributed by atoms with van der Waals surface area (Å²) in [4.78, 5) is 17.4. The van der Waals surface area contributed by atoms with Gasteiger partial charge in [0.15, 0.2) is 0 Å². The van der Waals surface area contributed by atoms with Crippen LogP contribution in [0, 0.1) is 0 Å². The van der Waals surface area contributed by atoms with Crippen molar-refractivity contribution in [1.29, 1.82) is 0 Å². The Kier molecular flexibility index (Phi) is 3.61. The molecule has 2 heterocycles. The van der Waals surface area contributed by atoms with Gasteiger partial charge in [0.2, 0.25) is 0 Å². The maximum absolute atomic E-state index is 12.0. The molecule has 0 aliphatic rings. The van der Waals surface area contributed by atoms with E-state index in [1.165, 1.54) is 11.0 Å². The highest BCUT2D eigenvalue weighted by molar-refractivity contribution is 6.29. The topological polar surface area (TPSA) is 72.7 Å². The van der Waals surface area contributed by atoms with Crippen LogP contribution in [0.3, 0.4) is 0 Å². The molecule has 0 bridgehead atoms. The van der Waals surface area contributed by atoms with Crippen molar-refractivity contribution in [2.24, 2.45) is 0 Å². The Balaban J connectivity index is 1.73. The third-order valence-corrected chi connectivity index (χ3v) is 2.99. The molecule has 1 N–H and O–H groups in total. The van der Waals surface area contributed by atoms with E-state index in [0.29, 0.717) is 16.4 Å². The van der Waals surface area contributed by atoms with Crippen LogP contribution in [0.4, 0.5) is 5.69 Å². The number of halogens is 1. The predicted molar refractivity (Wildman–Crippen MR) is 78.6 cm³/mol. The zero-order chi connectivity index (χ0) is 14.7. The van der Waals surface area contributed by atoms with Gasteiger partial charge in [0.1, 0.15) is 5.15 Å². The lowest BCUT2D eigenvalue weighted by molar-refractivity contribution is 0.102. The second-order valence-electron chi connectivity index (χ2n) is 4.19. The van der Waals surface area contributed by atoms with Gasteiger partial charge in [-0.1, -0.05) is 11.6 Å². The minimum Gasteiger partial charge on any atom is -0.322 e. The highest BCUT2D eigenvalue weighted by Crippen LogP contribution is 2.13. The highest BCUT2D eigenvalue weighted by atomic mass is 35.5. The standard InChI is InChI=1S/C14H10ClN5O/c15-13-6-1-10(9-16-13)14(21)19-11-2-4-12(5-3-11)20-17-7-8-18-20/h1-9H,(H,19,21). The molecule has 1 aromatic carbocycles. The average molecular weight is 300 g/mol. The predicted octanol–water partition coefficient (Wildman–Crippen LogP) is 2.57. The van der Waals surface area contributed by atoms with Crippen LogP contribution in [-0.4, -0.2) is 25.9 Å². The maximum atomic E-state index is 12.0. The Labute approximate surface area is 125 Å². The molecule has 0 spiro atoms. The van der Waals surface area contributed by atoms with Crippen molar-refractivity contribution in [3.8, 4) is 5.69 Å². The van der Waals surface area contributed by atoms with Gasteiger partial charge in [0, 0.05) is 11.9 Å². The largest absolute Gasteiger partial charge is 0.322 e. The number of anilines is 1. The number of nitrogens with zero attached hydrogens (tertiary/aromatic N) is 4. The van der Waals surface area contributed by atoms with Crippen molar-refractivity contribution in [3.05, 3.63) is 65.7 Å². The number of hydrogen-bond donors (Lipinski definition) is 1. The Morgan fingerprint density at radius 2 is 1.76 bits per heavy atom. The van der Waals surface area contributed by atoms with E-state index in [0.717, 1.165) is 5.69 Å². The van der Waals surface area contributed by atoms with Gasteiger partial charge in [-0.25, -0.2) is 4.98 Å². The fourth-order valence-corrected chi connectivity index (χ4v) is 1.85. The lowest BCUT2D eigenvalue weighted by atomic mass is 10.2. The van der Waals surface area contributed by atoms with Gasteiger partial charge in [-0.15, -0.1) is 0 Å². The molecule has 0 fully saturated rings. The number of amides is 1. The number of nitrogens with one attached hydrogen (secondary N) is 1. The summed E-state index contributed by atoms with van der Waals surface area (Å²) in [6.45, 7) is 0. The summed E-state index contributed by atoms with van der Waals surface area (Å²) in [5.41, 5.74) is 1.93. The zero-order valence-corrected chi connectivity index (χ0v) is 11.5. The summed E-state index contributed by atoms with van der Waals surface area (Å²) in [6, 6.07) is 10.4. The van der Waals surface area contributed by atoms with Gasteiger partial charge in [-0.05, 0) is 36.4 Å². The number of aromatic nitrogens is 4. The molecule has 7 heteroatoms. The van der Waals surface area contributed by atoms with Crippen LogP contribution in [0.2, 0.25) is 5.15 Å². The van der Waals surface area contributed by atoms with Crippen LogP contribution in [0.5, 0.6) is 0 Å². The summed E-state index contributed by atoms with van der Waals surface area (Å²) in [7, 11) is 0. The molecule has 0 saturated carbocycles. The number of carbonyl (C=O) groups is 1. The molecule has 1 amide bonds. The van der Waals surface area contributed by atoms with Gasteiger partial charge < -0.3 is 5.32 Å². The lowest BCUT2D eigenvalue weighted by Gasteiger charge is -2.06. The van der Waals surface area contributed by atoms with Crippen molar-refractivity contribution in [3.63, 3.8) is 0 Å². The fraction of sp³-hybridized carbons (Fsp3) is 0. The van der Waals surface area contributed by atoms with E-state index in [9.17, 15) is 4.79 Å². The van der Waals surface area contributed by atoms with Crippen LogP contribution >= 0.6 is 11.6 Å². The van der Waals surface area contributed by atoms with Crippen molar-refractivity contribution in [1.82, 2.24) is 20.0 Å². The molecular weight excluding hydrogens is 290 g/mol. The summed E-state index contributed by atoms with van der Waals surface area (Å²) in [5.74, 6) is -0.246.